The van der Waals surface area contributed by atoms with Crippen LogP contribution in [-0.4, -0.2) is 16.1 Å². The molecule has 1 amide bonds. The van der Waals surface area contributed by atoms with E-state index in [2.05, 4.69) is 20.8 Å². The van der Waals surface area contributed by atoms with Crippen molar-refractivity contribution in [1.29, 1.82) is 0 Å². The molecule has 24 heavy (non-hydrogen) atoms. The number of nitrogens with one attached hydrogen (secondary N) is 2. The molecule has 0 bridgehead atoms. The highest BCUT2D eigenvalue weighted by atomic mass is 16.1. The fraction of sp³-hybridized carbons (Fsp3) is 0.105. The summed E-state index contributed by atoms with van der Waals surface area (Å²) in [7, 11) is 0. The molecule has 0 spiro atoms. The third-order valence-electron chi connectivity index (χ3n) is 3.62. The largest absolute Gasteiger partial charge is 0.339 e. The van der Waals surface area contributed by atoms with E-state index in [1.54, 1.807) is 18.2 Å². The quantitative estimate of drug-likeness (QED) is 0.760. The van der Waals surface area contributed by atoms with Crippen molar-refractivity contribution < 1.29 is 4.79 Å². The highest BCUT2D eigenvalue weighted by Gasteiger charge is 2.09. The molecule has 0 atom stereocenters. The maximum Gasteiger partial charge on any atom is 0.257 e. The standard InChI is InChI=1S/C19H18N4O/c1-13-7-9-15(10-8-13)20-17-11-12-18(23-22-17)21-19(24)16-6-4-3-5-14(16)2/h3-12H,1-2H3,(H,20,22)(H,21,23,24). The van der Waals surface area contributed by atoms with Crippen molar-refractivity contribution in [2.24, 2.45) is 0 Å². The van der Waals surface area contributed by atoms with Crippen LogP contribution in [0.1, 0.15) is 21.5 Å². The SMILES string of the molecule is Cc1ccc(Nc2ccc(NC(=O)c3ccccc3C)nn2)cc1. The van der Waals surface area contributed by atoms with E-state index in [1.165, 1.54) is 5.56 Å². The average molecular weight is 318 g/mol. The fourth-order valence-corrected chi connectivity index (χ4v) is 2.26. The number of aryl methyl sites for hydroxylation is 2. The molecule has 5 nitrogen and oxygen atoms in total. The van der Waals surface area contributed by atoms with E-state index < -0.39 is 0 Å². The van der Waals surface area contributed by atoms with Crippen molar-refractivity contribution in [1.82, 2.24) is 10.2 Å². The smallest absolute Gasteiger partial charge is 0.257 e. The van der Waals surface area contributed by atoms with E-state index in [4.69, 9.17) is 0 Å². The van der Waals surface area contributed by atoms with Crippen LogP contribution in [0.2, 0.25) is 0 Å². The van der Waals surface area contributed by atoms with Gasteiger partial charge in [0.15, 0.2) is 11.6 Å². The molecule has 0 saturated heterocycles. The number of nitrogens with zero attached hydrogens (tertiary/aromatic N) is 2. The zero-order valence-electron chi connectivity index (χ0n) is 13.6. The van der Waals surface area contributed by atoms with Crippen LogP contribution in [0.3, 0.4) is 0 Å². The predicted octanol–water partition coefficient (Wildman–Crippen LogP) is 4.09. The van der Waals surface area contributed by atoms with Gasteiger partial charge in [-0.25, -0.2) is 0 Å². The molecule has 120 valence electrons. The lowest BCUT2D eigenvalue weighted by Gasteiger charge is -2.08. The van der Waals surface area contributed by atoms with Crippen molar-refractivity contribution in [3.8, 4) is 0 Å². The first kappa shape index (κ1) is 15.7. The summed E-state index contributed by atoms with van der Waals surface area (Å²) < 4.78 is 0. The molecule has 1 heterocycles. The van der Waals surface area contributed by atoms with Crippen LogP contribution in [0.5, 0.6) is 0 Å². The predicted molar refractivity (Wildman–Crippen MR) is 95.6 cm³/mol. The normalized spacial score (nSPS) is 10.2. The van der Waals surface area contributed by atoms with Crippen LogP contribution < -0.4 is 10.6 Å². The summed E-state index contributed by atoms with van der Waals surface area (Å²) in [6.07, 6.45) is 0. The number of anilines is 3. The van der Waals surface area contributed by atoms with Crippen LogP contribution in [0.4, 0.5) is 17.3 Å². The van der Waals surface area contributed by atoms with Gasteiger partial charge in [-0.2, -0.15) is 0 Å². The van der Waals surface area contributed by atoms with Gasteiger partial charge in [-0.3, -0.25) is 4.79 Å². The number of amides is 1. The lowest BCUT2D eigenvalue weighted by atomic mass is 10.1. The van der Waals surface area contributed by atoms with E-state index in [9.17, 15) is 4.79 Å². The van der Waals surface area contributed by atoms with Gasteiger partial charge in [0.1, 0.15) is 0 Å². The zero-order chi connectivity index (χ0) is 16.9. The first-order valence-corrected chi connectivity index (χ1v) is 7.66. The molecule has 2 aromatic carbocycles. The van der Waals surface area contributed by atoms with Gasteiger partial charge in [-0.05, 0) is 49.7 Å². The highest BCUT2D eigenvalue weighted by molar-refractivity contribution is 6.04. The summed E-state index contributed by atoms with van der Waals surface area (Å²) in [5.74, 6) is 0.840. The average Bonchev–Trinajstić information content (AvgIpc) is 2.59. The van der Waals surface area contributed by atoms with Crippen LogP contribution in [-0.2, 0) is 0 Å². The Morgan fingerprint density at radius 2 is 1.50 bits per heavy atom. The van der Waals surface area contributed by atoms with Crippen LogP contribution >= 0.6 is 0 Å². The monoisotopic (exact) mass is 318 g/mol. The summed E-state index contributed by atoms with van der Waals surface area (Å²) in [6, 6.07) is 18.9. The Labute approximate surface area is 140 Å². The Morgan fingerprint density at radius 1 is 0.833 bits per heavy atom. The molecular formula is C19H18N4O. The summed E-state index contributed by atoms with van der Waals surface area (Å²) in [6.45, 7) is 3.94. The topological polar surface area (TPSA) is 66.9 Å². The number of hydrogen-bond donors (Lipinski definition) is 2. The van der Waals surface area contributed by atoms with Crippen molar-refractivity contribution in [3.63, 3.8) is 0 Å². The minimum Gasteiger partial charge on any atom is -0.339 e. The van der Waals surface area contributed by atoms with Gasteiger partial charge >= 0.3 is 0 Å². The summed E-state index contributed by atoms with van der Waals surface area (Å²) in [4.78, 5) is 12.2. The summed E-state index contributed by atoms with van der Waals surface area (Å²) >= 11 is 0. The van der Waals surface area contributed by atoms with Crippen molar-refractivity contribution in [3.05, 3.63) is 77.4 Å². The first-order valence-electron chi connectivity index (χ1n) is 7.66. The summed E-state index contributed by atoms with van der Waals surface area (Å²) in [5, 5.41) is 14.1. The number of hydrogen-bond acceptors (Lipinski definition) is 4. The van der Waals surface area contributed by atoms with Crippen molar-refractivity contribution in [2.75, 3.05) is 10.6 Å². The van der Waals surface area contributed by atoms with E-state index in [1.807, 2.05) is 56.3 Å². The Hall–Kier alpha value is -3.21. The molecule has 0 aliphatic carbocycles. The van der Waals surface area contributed by atoms with E-state index in [0.717, 1.165) is 11.3 Å². The van der Waals surface area contributed by atoms with Gasteiger partial charge < -0.3 is 10.6 Å². The third-order valence-corrected chi connectivity index (χ3v) is 3.62. The minimum atomic E-state index is -0.193. The van der Waals surface area contributed by atoms with Crippen LogP contribution in [0.25, 0.3) is 0 Å². The van der Waals surface area contributed by atoms with Crippen LogP contribution in [0, 0.1) is 13.8 Å². The molecular weight excluding hydrogens is 300 g/mol. The molecule has 0 saturated carbocycles. The zero-order valence-corrected chi connectivity index (χ0v) is 13.6. The minimum absolute atomic E-state index is 0.193. The molecule has 3 aromatic rings. The van der Waals surface area contributed by atoms with Gasteiger partial charge in [0.2, 0.25) is 0 Å². The Morgan fingerprint density at radius 3 is 2.17 bits per heavy atom. The van der Waals surface area contributed by atoms with E-state index in [0.29, 0.717) is 17.2 Å². The molecule has 0 radical (unpaired) electrons. The van der Waals surface area contributed by atoms with Gasteiger partial charge in [-0.15, -0.1) is 10.2 Å². The van der Waals surface area contributed by atoms with Gasteiger partial charge in [0.05, 0.1) is 0 Å². The second-order valence-corrected chi connectivity index (χ2v) is 5.56. The van der Waals surface area contributed by atoms with E-state index >= 15 is 0 Å². The van der Waals surface area contributed by atoms with Gasteiger partial charge in [0, 0.05) is 11.3 Å². The van der Waals surface area contributed by atoms with E-state index in [-0.39, 0.29) is 5.91 Å². The third kappa shape index (κ3) is 3.76. The number of aromatic nitrogens is 2. The molecule has 3 rings (SSSR count). The number of carbonyl (C=O) groups is 1. The Balaban J connectivity index is 1.67. The number of benzene rings is 2. The molecule has 0 aliphatic heterocycles. The second-order valence-electron chi connectivity index (χ2n) is 5.56. The second kappa shape index (κ2) is 6.91. The summed E-state index contributed by atoms with van der Waals surface area (Å²) in [5.41, 5.74) is 3.68. The van der Waals surface area contributed by atoms with Gasteiger partial charge in [0.25, 0.3) is 5.91 Å². The number of rotatable bonds is 4. The van der Waals surface area contributed by atoms with Crippen LogP contribution in [0.15, 0.2) is 60.7 Å². The van der Waals surface area contributed by atoms with Gasteiger partial charge in [-0.1, -0.05) is 35.9 Å². The van der Waals surface area contributed by atoms with Crippen molar-refractivity contribution in [2.45, 2.75) is 13.8 Å². The molecule has 0 unspecified atom stereocenters. The van der Waals surface area contributed by atoms with Crippen molar-refractivity contribution >= 4 is 23.2 Å². The maximum absolute atomic E-state index is 12.2. The molecule has 0 aliphatic rings. The lowest BCUT2D eigenvalue weighted by molar-refractivity contribution is 0.102. The molecule has 0 fully saturated rings. The first-order chi connectivity index (χ1) is 11.6. The lowest BCUT2D eigenvalue weighted by Crippen LogP contribution is -2.14. The Kier molecular flexibility index (Phi) is 4.52. The Bertz CT molecular complexity index is 842. The molecule has 5 heteroatoms. The molecule has 1 aromatic heterocycles. The fourth-order valence-electron chi connectivity index (χ4n) is 2.26. The number of carbonyl (C=O) groups excluding carboxylic acids is 1. The highest BCUT2D eigenvalue weighted by Crippen LogP contribution is 2.16. The maximum atomic E-state index is 12.2. The molecule has 2 N–H and O–H groups in total.